The number of likely N-dealkylation sites (tertiary alicyclic amines) is 1. The summed E-state index contributed by atoms with van der Waals surface area (Å²) in [4.78, 5) is 30.5. The highest BCUT2D eigenvalue weighted by Gasteiger charge is 2.22. The number of carbonyl (C=O) groups excluding carboxylic acids is 2. The second kappa shape index (κ2) is 8.45. The predicted octanol–water partition coefficient (Wildman–Crippen LogP) is 0.949. The van der Waals surface area contributed by atoms with E-state index in [-0.39, 0.29) is 18.4 Å². The number of amides is 2. The maximum atomic E-state index is 12.6. The molecule has 2 aliphatic heterocycles. The van der Waals surface area contributed by atoms with Crippen LogP contribution in [0.1, 0.15) is 35.2 Å². The molecule has 3 rings (SSSR count). The van der Waals surface area contributed by atoms with E-state index in [1.165, 1.54) is 0 Å². The Kier molecular flexibility index (Phi) is 6.04. The Morgan fingerprint density at radius 1 is 1.00 bits per heavy atom. The summed E-state index contributed by atoms with van der Waals surface area (Å²) in [5, 5.41) is 8.98. The molecular formula is C19H27N3O3. The highest BCUT2D eigenvalue weighted by Crippen LogP contribution is 2.16. The van der Waals surface area contributed by atoms with Gasteiger partial charge in [0.1, 0.15) is 0 Å². The lowest BCUT2D eigenvalue weighted by Crippen LogP contribution is -2.49. The molecule has 0 aromatic heterocycles. The van der Waals surface area contributed by atoms with Gasteiger partial charge in [-0.05, 0) is 30.5 Å². The number of aliphatic hydroxyl groups is 1. The van der Waals surface area contributed by atoms with Crippen molar-refractivity contribution in [3.63, 3.8) is 0 Å². The zero-order valence-corrected chi connectivity index (χ0v) is 14.7. The molecule has 0 radical (unpaired) electrons. The number of nitrogens with zero attached hydrogens (tertiary/aromatic N) is 3. The average Bonchev–Trinajstić information content (AvgIpc) is 2.65. The van der Waals surface area contributed by atoms with Crippen LogP contribution in [0.15, 0.2) is 24.3 Å². The summed E-state index contributed by atoms with van der Waals surface area (Å²) in [5.41, 5.74) is 1.77. The molecule has 1 N–H and O–H groups in total. The summed E-state index contributed by atoms with van der Waals surface area (Å²) < 4.78 is 0. The van der Waals surface area contributed by atoms with E-state index in [0.29, 0.717) is 38.2 Å². The van der Waals surface area contributed by atoms with Crippen molar-refractivity contribution in [2.45, 2.75) is 25.8 Å². The molecule has 136 valence electrons. The minimum Gasteiger partial charge on any atom is -0.395 e. The normalized spacial score (nSPS) is 19.3. The summed E-state index contributed by atoms with van der Waals surface area (Å²) in [7, 11) is 0. The minimum atomic E-state index is 0.0595. The fourth-order valence-corrected chi connectivity index (χ4v) is 3.50. The van der Waals surface area contributed by atoms with Gasteiger partial charge >= 0.3 is 0 Å². The van der Waals surface area contributed by atoms with E-state index in [1.807, 2.05) is 34.1 Å². The van der Waals surface area contributed by atoms with Crippen LogP contribution in [0.4, 0.5) is 0 Å². The van der Waals surface area contributed by atoms with Crippen molar-refractivity contribution in [1.29, 1.82) is 0 Å². The van der Waals surface area contributed by atoms with Gasteiger partial charge in [-0.15, -0.1) is 0 Å². The summed E-state index contributed by atoms with van der Waals surface area (Å²) in [5.74, 6) is 0.288. The average molecular weight is 345 g/mol. The molecule has 2 aliphatic rings. The van der Waals surface area contributed by atoms with Gasteiger partial charge in [0, 0.05) is 57.8 Å². The maximum absolute atomic E-state index is 12.6. The van der Waals surface area contributed by atoms with Gasteiger partial charge in [0.2, 0.25) is 5.91 Å². The molecular weight excluding hydrogens is 318 g/mol. The smallest absolute Gasteiger partial charge is 0.253 e. The minimum absolute atomic E-state index is 0.0595. The standard InChI is InChI=1S/C19H27N3O3/c23-14-13-20-9-11-21(12-10-20)19(25)17-6-4-16(5-7-17)15-22-8-2-1-3-18(22)24/h4-7,23H,1-3,8-15H2. The molecule has 0 bridgehead atoms. The Labute approximate surface area is 149 Å². The number of hydrogen-bond donors (Lipinski definition) is 1. The molecule has 0 aliphatic carbocycles. The second-order valence-electron chi connectivity index (χ2n) is 6.83. The number of piperidine rings is 1. The third kappa shape index (κ3) is 4.58. The van der Waals surface area contributed by atoms with Crippen LogP contribution in [0.3, 0.4) is 0 Å². The lowest BCUT2D eigenvalue weighted by Gasteiger charge is -2.34. The van der Waals surface area contributed by atoms with Crippen LogP contribution in [0, 0.1) is 0 Å². The van der Waals surface area contributed by atoms with E-state index in [0.717, 1.165) is 38.0 Å². The first-order chi connectivity index (χ1) is 12.2. The Morgan fingerprint density at radius 3 is 2.36 bits per heavy atom. The molecule has 1 aromatic rings. The molecule has 0 atom stereocenters. The van der Waals surface area contributed by atoms with Gasteiger partial charge in [0.15, 0.2) is 0 Å². The van der Waals surface area contributed by atoms with Crippen molar-refractivity contribution < 1.29 is 14.7 Å². The maximum Gasteiger partial charge on any atom is 0.253 e. The van der Waals surface area contributed by atoms with Crippen molar-refractivity contribution in [2.75, 3.05) is 45.9 Å². The molecule has 6 nitrogen and oxygen atoms in total. The number of carbonyl (C=O) groups is 2. The lowest BCUT2D eigenvalue weighted by molar-refractivity contribution is -0.133. The first-order valence-corrected chi connectivity index (χ1v) is 9.16. The van der Waals surface area contributed by atoms with Crippen molar-refractivity contribution in [2.24, 2.45) is 0 Å². The van der Waals surface area contributed by atoms with Crippen molar-refractivity contribution >= 4 is 11.8 Å². The zero-order valence-electron chi connectivity index (χ0n) is 14.7. The first-order valence-electron chi connectivity index (χ1n) is 9.16. The van der Waals surface area contributed by atoms with Crippen LogP contribution in [-0.4, -0.2) is 77.5 Å². The summed E-state index contributed by atoms with van der Waals surface area (Å²) in [6.45, 7) is 5.31. The number of benzene rings is 1. The van der Waals surface area contributed by atoms with Crippen LogP contribution in [-0.2, 0) is 11.3 Å². The molecule has 2 fully saturated rings. The van der Waals surface area contributed by atoms with E-state index >= 15 is 0 Å². The van der Waals surface area contributed by atoms with Crippen molar-refractivity contribution in [3.05, 3.63) is 35.4 Å². The van der Waals surface area contributed by atoms with Gasteiger partial charge in [0.05, 0.1) is 6.61 Å². The molecule has 0 unspecified atom stereocenters. The number of hydrogen-bond acceptors (Lipinski definition) is 4. The lowest BCUT2D eigenvalue weighted by atomic mass is 10.1. The number of β-amino-alcohol motifs (C(OH)–C–C–N with tert-alkyl or cyclic N) is 1. The zero-order chi connectivity index (χ0) is 17.6. The first kappa shape index (κ1) is 17.9. The van der Waals surface area contributed by atoms with Gasteiger partial charge in [-0.3, -0.25) is 14.5 Å². The van der Waals surface area contributed by atoms with E-state index in [1.54, 1.807) is 0 Å². The quantitative estimate of drug-likeness (QED) is 0.863. The van der Waals surface area contributed by atoms with E-state index in [2.05, 4.69) is 4.90 Å². The van der Waals surface area contributed by atoms with Gasteiger partial charge in [-0.25, -0.2) is 0 Å². The molecule has 0 spiro atoms. The second-order valence-corrected chi connectivity index (χ2v) is 6.83. The molecule has 2 saturated heterocycles. The van der Waals surface area contributed by atoms with Gasteiger partial charge < -0.3 is 14.9 Å². The number of rotatable bonds is 5. The topological polar surface area (TPSA) is 64.1 Å². The molecule has 1 aromatic carbocycles. The number of piperazine rings is 1. The van der Waals surface area contributed by atoms with Gasteiger partial charge in [-0.2, -0.15) is 0 Å². The van der Waals surface area contributed by atoms with E-state index in [4.69, 9.17) is 5.11 Å². The van der Waals surface area contributed by atoms with Crippen LogP contribution in [0.5, 0.6) is 0 Å². The molecule has 25 heavy (non-hydrogen) atoms. The summed E-state index contributed by atoms with van der Waals surface area (Å²) >= 11 is 0. The van der Waals surface area contributed by atoms with E-state index < -0.39 is 0 Å². The van der Waals surface area contributed by atoms with E-state index in [9.17, 15) is 9.59 Å². The Hall–Kier alpha value is -1.92. The van der Waals surface area contributed by atoms with Crippen LogP contribution >= 0.6 is 0 Å². The molecule has 6 heteroatoms. The third-order valence-corrected chi connectivity index (χ3v) is 5.07. The summed E-state index contributed by atoms with van der Waals surface area (Å²) in [6.07, 6.45) is 2.72. The molecule has 0 saturated carbocycles. The van der Waals surface area contributed by atoms with Gasteiger partial charge in [-0.1, -0.05) is 12.1 Å². The Bertz CT molecular complexity index is 594. The fourth-order valence-electron chi connectivity index (χ4n) is 3.50. The van der Waals surface area contributed by atoms with Crippen LogP contribution in [0.25, 0.3) is 0 Å². The largest absolute Gasteiger partial charge is 0.395 e. The van der Waals surface area contributed by atoms with Crippen molar-refractivity contribution in [3.8, 4) is 0 Å². The summed E-state index contributed by atoms with van der Waals surface area (Å²) in [6, 6.07) is 7.65. The Morgan fingerprint density at radius 2 is 1.72 bits per heavy atom. The fraction of sp³-hybridized carbons (Fsp3) is 0.579. The SMILES string of the molecule is O=C1CCCCN1Cc1ccc(C(=O)N2CCN(CCO)CC2)cc1. The monoisotopic (exact) mass is 345 g/mol. The van der Waals surface area contributed by atoms with Crippen LogP contribution < -0.4 is 0 Å². The van der Waals surface area contributed by atoms with Crippen LogP contribution in [0.2, 0.25) is 0 Å². The highest BCUT2D eigenvalue weighted by molar-refractivity contribution is 5.94. The van der Waals surface area contributed by atoms with Crippen molar-refractivity contribution in [1.82, 2.24) is 14.7 Å². The third-order valence-electron chi connectivity index (χ3n) is 5.07. The number of aliphatic hydroxyl groups excluding tert-OH is 1. The van der Waals surface area contributed by atoms with Gasteiger partial charge in [0.25, 0.3) is 5.91 Å². The molecule has 2 amide bonds. The highest BCUT2D eigenvalue weighted by atomic mass is 16.3. The predicted molar refractivity (Wildman–Crippen MR) is 95.1 cm³/mol. The Balaban J connectivity index is 1.55. The molecule has 2 heterocycles.